The molecule has 0 aromatic carbocycles. The largest absolute Gasteiger partial charge is 0.395 e. The third kappa shape index (κ3) is 2.51. The molecule has 0 spiro atoms. The standard InChI is InChI=1S/C9H14N2O/c1-2-8-3-4-9(11-7-8)10-5-6-12/h3-4,7,12H,2,5-6H2,1H3,(H,10,11). The Hall–Kier alpha value is -1.09. The van der Waals surface area contributed by atoms with E-state index < -0.39 is 0 Å². The zero-order chi connectivity index (χ0) is 8.81. The second kappa shape index (κ2) is 4.72. The average Bonchev–Trinajstić information content (AvgIpc) is 2.15. The van der Waals surface area contributed by atoms with Crippen molar-refractivity contribution in [2.45, 2.75) is 13.3 Å². The molecule has 0 radical (unpaired) electrons. The third-order valence-corrected chi connectivity index (χ3v) is 1.65. The molecule has 3 nitrogen and oxygen atoms in total. The summed E-state index contributed by atoms with van der Waals surface area (Å²) in [6, 6.07) is 3.96. The summed E-state index contributed by atoms with van der Waals surface area (Å²) in [6.07, 6.45) is 2.85. The van der Waals surface area contributed by atoms with E-state index in [0.717, 1.165) is 12.2 Å². The van der Waals surface area contributed by atoms with Gasteiger partial charge in [-0.15, -0.1) is 0 Å². The van der Waals surface area contributed by atoms with Crippen LogP contribution in [0.5, 0.6) is 0 Å². The molecule has 0 saturated carbocycles. The minimum atomic E-state index is 0.136. The summed E-state index contributed by atoms with van der Waals surface area (Å²) in [6.45, 7) is 2.79. The van der Waals surface area contributed by atoms with Gasteiger partial charge in [0, 0.05) is 12.7 Å². The molecule has 0 unspecified atom stereocenters. The molecule has 0 fully saturated rings. The van der Waals surface area contributed by atoms with Crippen LogP contribution >= 0.6 is 0 Å². The van der Waals surface area contributed by atoms with E-state index in [2.05, 4.69) is 17.2 Å². The molecule has 1 heterocycles. The van der Waals surface area contributed by atoms with Crippen molar-refractivity contribution in [1.82, 2.24) is 4.98 Å². The number of nitrogens with one attached hydrogen (secondary N) is 1. The van der Waals surface area contributed by atoms with E-state index in [4.69, 9.17) is 5.11 Å². The Labute approximate surface area is 72.5 Å². The van der Waals surface area contributed by atoms with Crippen molar-refractivity contribution >= 4 is 5.82 Å². The van der Waals surface area contributed by atoms with Crippen molar-refractivity contribution in [2.24, 2.45) is 0 Å². The van der Waals surface area contributed by atoms with Crippen LogP contribution in [0.3, 0.4) is 0 Å². The van der Waals surface area contributed by atoms with Crippen molar-refractivity contribution in [2.75, 3.05) is 18.5 Å². The lowest BCUT2D eigenvalue weighted by Gasteiger charge is -2.02. The molecule has 66 valence electrons. The van der Waals surface area contributed by atoms with Gasteiger partial charge in [0.2, 0.25) is 0 Å². The fourth-order valence-corrected chi connectivity index (χ4v) is 0.922. The quantitative estimate of drug-likeness (QED) is 0.702. The summed E-state index contributed by atoms with van der Waals surface area (Å²) in [5.74, 6) is 0.821. The van der Waals surface area contributed by atoms with Crippen LogP contribution in [0, 0.1) is 0 Å². The highest BCUT2D eigenvalue weighted by Crippen LogP contribution is 2.04. The van der Waals surface area contributed by atoms with Crippen molar-refractivity contribution in [3.05, 3.63) is 23.9 Å². The molecule has 1 aromatic rings. The van der Waals surface area contributed by atoms with Crippen LogP contribution in [-0.2, 0) is 6.42 Å². The number of aliphatic hydroxyl groups is 1. The molecule has 0 amide bonds. The van der Waals surface area contributed by atoms with Gasteiger partial charge in [-0.05, 0) is 18.1 Å². The summed E-state index contributed by atoms with van der Waals surface area (Å²) in [5, 5.41) is 11.5. The van der Waals surface area contributed by atoms with E-state index in [1.807, 2.05) is 18.3 Å². The molecule has 0 atom stereocenters. The Balaban J connectivity index is 2.53. The second-order valence-corrected chi connectivity index (χ2v) is 2.56. The van der Waals surface area contributed by atoms with Crippen molar-refractivity contribution in [1.29, 1.82) is 0 Å². The van der Waals surface area contributed by atoms with Crippen LogP contribution < -0.4 is 5.32 Å². The highest BCUT2D eigenvalue weighted by molar-refractivity contribution is 5.35. The molecule has 1 rings (SSSR count). The second-order valence-electron chi connectivity index (χ2n) is 2.56. The first-order valence-electron chi connectivity index (χ1n) is 4.16. The molecule has 3 heteroatoms. The van der Waals surface area contributed by atoms with Crippen molar-refractivity contribution in [3.63, 3.8) is 0 Å². The number of anilines is 1. The number of aryl methyl sites for hydroxylation is 1. The molecule has 0 aliphatic heterocycles. The first kappa shape index (κ1) is 9.00. The topological polar surface area (TPSA) is 45.1 Å². The minimum absolute atomic E-state index is 0.136. The van der Waals surface area contributed by atoms with Gasteiger partial charge in [0.05, 0.1) is 6.61 Å². The molecule has 12 heavy (non-hydrogen) atoms. The van der Waals surface area contributed by atoms with Gasteiger partial charge in [0.25, 0.3) is 0 Å². The van der Waals surface area contributed by atoms with Gasteiger partial charge in [-0.25, -0.2) is 4.98 Å². The van der Waals surface area contributed by atoms with E-state index in [-0.39, 0.29) is 6.61 Å². The maximum atomic E-state index is 8.54. The lowest BCUT2D eigenvalue weighted by atomic mass is 10.2. The van der Waals surface area contributed by atoms with Crippen LogP contribution in [0.4, 0.5) is 5.82 Å². The Kier molecular flexibility index (Phi) is 3.54. The van der Waals surface area contributed by atoms with Crippen LogP contribution in [0.1, 0.15) is 12.5 Å². The fraction of sp³-hybridized carbons (Fsp3) is 0.444. The number of hydrogen-bond donors (Lipinski definition) is 2. The molecular weight excluding hydrogens is 152 g/mol. The van der Waals surface area contributed by atoms with Gasteiger partial charge in [-0.2, -0.15) is 0 Å². The zero-order valence-corrected chi connectivity index (χ0v) is 7.25. The number of hydrogen-bond acceptors (Lipinski definition) is 3. The van der Waals surface area contributed by atoms with Crippen LogP contribution in [0.2, 0.25) is 0 Å². The molecule has 2 N–H and O–H groups in total. The van der Waals surface area contributed by atoms with Crippen LogP contribution in [0.25, 0.3) is 0 Å². The summed E-state index contributed by atoms with van der Waals surface area (Å²) in [4.78, 5) is 4.16. The monoisotopic (exact) mass is 166 g/mol. The Morgan fingerprint density at radius 3 is 2.83 bits per heavy atom. The number of pyridine rings is 1. The Bertz CT molecular complexity index is 220. The lowest BCUT2D eigenvalue weighted by Crippen LogP contribution is -2.06. The predicted octanol–water partition coefficient (Wildman–Crippen LogP) is 1.05. The zero-order valence-electron chi connectivity index (χ0n) is 7.25. The molecule has 0 bridgehead atoms. The van der Waals surface area contributed by atoms with Gasteiger partial charge in [0.1, 0.15) is 5.82 Å². The van der Waals surface area contributed by atoms with Crippen LogP contribution in [-0.4, -0.2) is 23.2 Å². The number of nitrogens with zero attached hydrogens (tertiary/aromatic N) is 1. The molecule has 1 aromatic heterocycles. The molecular formula is C9H14N2O. The maximum Gasteiger partial charge on any atom is 0.125 e. The van der Waals surface area contributed by atoms with Crippen molar-refractivity contribution < 1.29 is 5.11 Å². The summed E-state index contributed by atoms with van der Waals surface area (Å²) < 4.78 is 0. The highest BCUT2D eigenvalue weighted by Gasteiger charge is 1.92. The number of aromatic nitrogens is 1. The summed E-state index contributed by atoms with van der Waals surface area (Å²) in [5.41, 5.74) is 1.23. The summed E-state index contributed by atoms with van der Waals surface area (Å²) >= 11 is 0. The smallest absolute Gasteiger partial charge is 0.125 e. The van der Waals surface area contributed by atoms with Gasteiger partial charge < -0.3 is 10.4 Å². The normalized spacial score (nSPS) is 9.83. The van der Waals surface area contributed by atoms with E-state index in [9.17, 15) is 0 Å². The van der Waals surface area contributed by atoms with Gasteiger partial charge in [-0.3, -0.25) is 0 Å². The average molecular weight is 166 g/mol. The van der Waals surface area contributed by atoms with E-state index in [1.54, 1.807) is 0 Å². The first-order chi connectivity index (χ1) is 5.86. The highest BCUT2D eigenvalue weighted by atomic mass is 16.3. The van der Waals surface area contributed by atoms with E-state index in [1.165, 1.54) is 5.56 Å². The van der Waals surface area contributed by atoms with Gasteiger partial charge in [0.15, 0.2) is 0 Å². The Morgan fingerprint density at radius 2 is 2.33 bits per heavy atom. The number of aliphatic hydroxyl groups excluding tert-OH is 1. The first-order valence-corrected chi connectivity index (χ1v) is 4.16. The molecule has 0 aliphatic carbocycles. The lowest BCUT2D eigenvalue weighted by molar-refractivity contribution is 0.311. The van der Waals surface area contributed by atoms with Crippen LogP contribution in [0.15, 0.2) is 18.3 Å². The molecule has 0 saturated heterocycles. The van der Waals surface area contributed by atoms with Crippen molar-refractivity contribution in [3.8, 4) is 0 Å². The van der Waals surface area contributed by atoms with E-state index >= 15 is 0 Å². The molecule has 0 aliphatic rings. The summed E-state index contributed by atoms with van der Waals surface area (Å²) in [7, 11) is 0. The third-order valence-electron chi connectivity index (χ3n) is 1.65. The van der Waals surface area contributed by atoms with Gasteiger partial charge in [-0.1, -0.05) is 13.0 Å². The SMILES string of the molecule is CCc1ccc(NCCO)nc1. The fourth-order valence-electron chi connectivity index (χ4n) is 0.922. The predicted molar refractivity (Wildman–Crippen MR) is 49.2 cm³/mol. The van der Waals surface area contributed by atoms with Gasteiger partial charge >= 0.3 is 0 Å². The van der Waals surface area contributed by atoms with E-state index in [0.29, 0.717) is 6.54 Å². The number of rotatable bonds is 4. The Morgan fingerprint density at radius 1 is 1.50 bits per heavy atom. The maximum absolute atomic E-state index is 8.54. The minimum Gasteiger partial charge on any atom is -0.395 e.